The van der Waals surface area contributed by atoms with Gasteiger partial charge in [-0.2, -0.15) is 0 Å². The maximum absolute atomic E-state index is 12.6. The van der Waals surface area contributed by atoms with Crippen molar-refractivity contribution in [3.63, 3.8) is 0 Å². The van der Waals surface area contributed by atoms with Crippen LogP contribution in [0.2, 0.25) is 0 Å². The molecule has 2 heterocycles. The number of pyridine rings is 2. The van der Waals surface area contributed by atoms with Gasteiger partial charge in [0.05, 0.1) is 12.2 Å². The Morgan fingerprint density at radius 1 is 1.14 bits per heavy atom. The quantitative estimate of drug-likeness (QED) is 0.639. The van der Waals surface area contributed by atoms with Crippen molar-refractivity contribution in [3.8, 4) is 17.6 Å². The summed E-state index contributed by atoms with van der Waals surface area (Å²) in [6.45, 7) is 2.79. The van der Waals surface area contributed by atoms with Crippen LogP contribution in [0.25, 0.3) is 0 Å². The first-order valence-electron chi connectivity index (χ1n) is 9.52. The van der Waals surface area contributed by atoms with E-state index in [-0.39, 0.29) is 5.56 Å². The summed E-state index contributed by atoms with van der Waals surface area (Å²) in [6.07, 6.45) is 4.19. The van der Waals surface area contributed by atoms with Crippen molar-refractivity contribution < 1.29 is 4.74 Å². The molecule has 1 fully saturated rings. The third kappa shape index (κ3) is 4.69. The first-order chi connectivity index (χ1) is 13.7. The van der Waals surface area contributed by atoms with Crippen molar-refractivity contribution in [1.82, 2.24) is 9.55 Å². The van der Waals surface area contributed by atoms with Crippen molar-refractivity contribution in [3.05, 3.63) is 93.7 Å². The standard InChI is InChI=1S/C24H22N2O2/c1-18-14-23(28-17-22-4-2-3-13-25-22)15-24(27)26(18)16-21-11-9-20(10-12-21)8-7-19-5-6-19/h2-4,9-15,19H,5-6,16-17H2,1H3. The minimum Gasteiger partial charge on any atom is -0.487 e. The average molecular weight is 370 g/mol. The Morgan fingerprint density at radius 2 is 1.96 bits per heavy atom. The lowest BCUT2D eigenvalue weighted by Crippen LogP contribution is -2.22. The summed E-state index contributed by atoms with van der Waals surface area (Å²) in [5.74, 6) is 7.64. The topological polar surface area (TPSA) is 44.1 Å². The van der Waals surface area contributed by atoms with Gasteiger partial charge in [0.25, 0.3) is 5.56 Å². The molecule has 0 aliphatic heterocycles. The van der Waals surface area contributed by atoms with Crippen LogP contribution in [0, 0.1) is 24.7 Å². The van der Waals surface area contributed by atoms with Crippen LogP contribution in [0.5, 0.6) is 5.75 Å². The Labute approximate surface area is 164 Å². The molecule has 28 heavy (non-hydrogen) atoms. The van der Waals surface area contributed by atoms with Crippen LogP contribution in [0.3, 0.4) is 0 Å². The summed E-state index contributed by atoms with van der Waals surface area (Å²) >= 11 is 0. The van der Waals surface area contributed by atoms with Crippen LogP contribution in [0.4, 0.5) is 0 Å². The summed E-state index contributed by atoms with van der Waals surface area (Å²) in [5, 5.41) is 0. The number of nitrogens with zero attached hydrogens (tertiary/aromatic N) is 2. The molecule has 1 aliphatic rings. The molecule has 4 nitrogen and oxygen atoms in total. The Morgan fingerprint density at radius 3 is 2.64 bits per heavy atom. The van der Waals surface area contributed by atoms with Crippen molar-refractivity contribution in [2.24, 2.45) is 5.92 Å². The fraction of sp³-hybridized carbons (Fsp3) is 0.250. The Balaban J connectivity index is 1.44. The molecule has 0 radical (unpaired) electrons. The number of hydrogen-bond donors (Lipinski definition) is 0. The molecule has 1 aromatic carbocycles. The van der Waals surface area contributed by atoms with E-state index in [1.807, 2.05) is 55.5 Å². The highest BCUT2D eigenvalue weighted by Crippen LogP contribution is 2.27. The Kier molecular flexibility index (Phi) is 5.25. The first-order valence-corrected chi connectivity index (χ1v) is 9.52. The van der Waals surface area contributed by atoms with Crippen LogP contribution in [0.15, 0.2) is 65.6 Å². The van der Waals surface area contributed by atoms with E-state index in [0.717, 1.165) is 22.5 Å². The molecule has 0 unspecified atom stereocenters. The van der Waals surface area contributed by atoms with Gasteiger partial charge in [0.15, 0.2) is 0 Å². The third-order valence-corrected chi connectivity index (χ3v) is 4.71. The van der Waals surface area contributed by atoms with Crippen molar-refractivity contribution in [2.75, 3.05) is 0 Å². The lowest BCUT2D eigenvalue weighted by atomic mass is 10.1. The maximum atomic E-state index is 12.6. The van der Waals surface area contributed by atoms with Gasteiger partial charge >= 0.3 is 0 Å². The zero-order valence-electron chi connectivity index (χ0n) is 15.9. The first kappa shape index (κ1) is 18.1. The van der Waals surface area contributed by atoms with Crippen LogP contribution in [-0.2, 0) is 13.2 Å². The largest absolute Gasteiger partial charge is 0.487 e. The zero-order chi connectivity index (χ0) is 19.3. The number of ether oxygens (including phenoxy) is 1. The van der Waals surface area contributed by atoms with Crippen molar-refractivity contribution >= 4 is 0 Å². The van der Waals surface area contributed by atoms with E-state index >= 15 is 0 Å². The molecule has 4 heteroatoms. The monoisotopic (exact) mass is 370 g/mol. The lowest BCUT2D eigenvalue weighted by Gasteiger charge is -2.12. The molecule has 4 rings (SSSR count). The highest BCUT2D eigenvalue weighted by molar-refractivity contribution is 5.37. The van der Waals surface area contributed by atoms with Crippen molar-refractivity contribution in [2.45, 2.75) is 32.9 Å². The van der Waals surface area contributed by atoms with Gasteiger partial charge in [0, 0.05) is 29.4 Å². The fourth-order valence-corrected chi connectivity index (χ4v) is 2.91. The van der Waals surface area contributed by atoms with Gasteiger partial charge in [-0.05, 0) is 55.7 Å². The van der Waals surface area contributed by atoms with E-state index in [2.05, 4.69) is 16.8 Å². The predicted octanol–water partition coefficient (Wildman–Crippen LogP) is 3.94. The SMILES string of the molecule is Cc1cc(OCc2ccccn2)cc(=O)n1Cc1ccc(C#CC2CC2)cc1. The van der Waals surface area contributed by atoms with E-state index in [9.17, 15) is 4.79 Å². The fourth-order valence-electron chi connectivity index (χ4n) is 2.91. The van der Waals surface area contributed by atoms with Gasteiger partial charge < -0.3 is 9.30 Å². The summed E-state index contributed by atoms with van der Waals surface area (Å²) in [6, 6.07) is 17.2. The maximum Gasteiger partial charge on any atom is 0.254 e. The van der Waals surface area contributed by atoms with E-state index in [1.54, 1.807) is 10.8 Å². The highest BCUT2D eigenvalue weighted by atomic mass is 16.5. The van der Waals surface area contributed by atoms with Gasteiger partial charge in [-0.1, -0.05) is 30.0 Å². The van der Waals surface area contributed by atoms with E-state index in [0.29, 0.717) is 24.8 Å². The lowest BCUT2D eigenvalue weighted by molar-refractivity contribution is 0.299. The summed E-state index contributed by atoms with van der Waals surface area (Å²) in [7, 11) is 0. The molecule has 3 aromatic rings. The van der Waals surface area contributed by atoms with Crippen LogP contribution in [0.1, 0.15) is 35.4 Å². The highest BCUT2D eigenvalue weighted by Gasteiger charge is 2.17. The second-order valence-electron chi connectivity index (χ2n) is 7.11. The van der Waals surface area contributed by atoms with E-state index < -0.39 is 0 Å². The third-order valence-electron chi connectivity index (χ3n) is 4.71. The van der Waals surface area contributed by atoms with Crippen LogP contribution < -0.4 is 10.3 Å². The van der Waals surface area contributed by atoms with Gasteiger partial charge in [-0.25, -0.2) is 0 Å². The predicted molar refractivity (Wildman–Crippen MR) is 109 cm³/mol. The zero-order valence-corrected chi connectivity index (χ0v) is 15.9. The minimum atomic E-state index is -0.0753. The smallest absolute Gasteiger partial charge is 0.254 e. The minimum absolute atomic E-state index is 0.0753. The molecule has 2 aromatic heterocycles. The number of benzene rings is 1. The number of rotatable bonds is 5. The molecule has 140 valence electrons. The molecule has 0 spiro atoms. The van der Waals surface area contributed by atoms with Crippen molar-refractivity contribution in [1.29, 1.82) is 0 Å². The molecular formula is C24H22N2O2. The second kappa shape index (κ2) is 8.14. The molecule has 0 amide bonds. The summed E-state index contributed by atoms with van der Waals surface area (Å²) in [4.78, 5) is 16.8. The molecule has 1 aliphatic carbocycles. The normalized spacial score (nSPS) is 12.9. The molecule has 0 bridgehead atoms. The molecule has 1 saturated carbocycles. The molecule has 0 saturated heterocycles. The van der Waals surface area contributed by atoms with E-state index in [1.165, 1.54) is 18.9 Å². The Hall–Kier alpha value is -3.32. The van der Waals surface area contributed by atoms with Gasteiger partial charge in [-0.15, -0.1) is 0 Å². The molecular weight excluding hydrogens is 348 g/mol. The second-order valence-corrected chi connectivity index (χ2v) is 7.11. The Bertz CT molecular complexity index is 1070. The summed E-state index contributed by atoms with van der Waals surface area (Å²) < 4.78 is 7.48. The van der Waals surface area contributed by atoms with Gasteiger partial charge in [0.2, 0.25) is 0 Å². The van der Waals surface area contributed by atoms with Crippen LogP contribution in [-0.4, -0.2) is 9.55 Å². The van der Waals surface area contributed by atoms with Gasteiger partial charge in [0.1, 0.15) is 12.4 Å². The molecule has 0 N–H and O–H groups in total. The molecule has 0 atom stereocenters. The van der Waals surface area contributed by atoms with Gasteiger partial charge in [-0.3, -0.25) is 9.78 Å². The van der Waals surface area contributed by atoms with Crippen LogP contribution >= 0.6 is 0 Å². The average Bonchev–Trinajstić information content (AvgIpc) is 3.54. The number of aromatic nitrogens is 2. The number of hydrogen-bond acceptors (Lipinski definition) is 3. The van der Waals surface area contributed by atoms with E-state index in [4.69, 9.17) is 4.74 Å². The summed E-state index contributed by atoms with van der Waals surface area (Å²) in [5.41, 5.74) is 3.71. The number of aryl methyl sites for hydroxylation is 1.